The van der Waals surface area contributed by atoms with Gasteiger partial charge in [0.25, 0.3) is 0 Å². The van der Waals surface area contributed by atoms with Gasteiger partial charge in [0, 0.05) is 31.8 Å². The van der Waals surface area contributed by atoms with Crippen molar-refractivity contribution in [1.82, 2.24) is 42.1 Å². The number of ether oxygens (including phenoxy) is 6. The van der Waals surface area contributed by atoms with E-state index in [4.69, 9.17) is 50.7 Å². The lowest BCUT2D eigenvalue weighted by Crippen LogP contribution is -2.69. The molecule has 25 unspecified atom stereocenters. The van der Waals surface area contributed by atoms with Crippen LogP contribution in [0, 0.1) is 16.7 Å². The van der Waals surface area contributed by atoms with Crippen molar-refractivity contribution in [3.05, 3.63) is 59.7 Å². The van der Waals surface area contributed by atoms with Crippen LogP contribution < -0.4 is 53.4 Å². The van der Waals surface area contributed by atoms with Crippen LogP contribution in [-0.2, 0) is 58.9 Å². The summed E-state index contributed by atoms with van der Waals surface area (Å²) in [5.41, 5.74) is 13.5. The minimum absolute atomic E-state index is 0.103. The van der Waals surface area contributed by atoms with Crippen molar-refractivity contribution in [3.8, 4) is 5.75 Å². The molecule has 94 heavy (non-hydrogen) atoms. The van der Waals surface area contributed by atoms with Crippen molar-refractivity contribution < 1.29 is 124 Å². The SMILES string of the molecule is CC(C)CC(=O)OC1C(O)C(CO)OC(OC2C(CO)OC(Oc3ccc(CC(NC(=O)C(N)C(C)c4ccccc4)C(=O)NC(C(=O)NC(C(=O)NC([C]=O)CO)C(O)C4CNC(=N)N4C4OC(CO)C(O)C(O)C4O)C(O)C4CNC(=N)N4)cc3N)C(O)C2O)C1O. The molecule has 2 aromatic rings. The van der Waals surface area contributed by atoms with Gasteiger partial charge in [0.05, 0.1) is 50.2 Å². The van der Waals surface area contributed by atoms with Crippen LogP contribution in [0.3, 0.4) is 0 Å². The average Bonchev–Trinajstić information content (AvgIpc) is 1.37. The zero-order valence-electron chi connectivity index (χ0n) is 51.1. The van der Waals surface area contributed by atoms with E-state index >= 15 is 0 Å². The second-order valence-electron chi connectivity index (χ2n) is 23.8. The summed E-state index contributed by atoms with van der Waals surface area (Å²) in [4.78, 5) is 83.5. The maximum absolute atomic E-state index is 15.0. The summed E-state index contributed by atoms with van der Waals surface area (Å²) in [6.45, 7) is 0.619. The van der Waals surface area contributed by atoms with Crippen molar-refractivity contribution in [2.75, 3.05) is 45.3 Å². The van der Waals surface area contributed by atoms with Gasteiger partial charge in [0.2, 0.25) is 36.2 Å². The lowest BCUT2D eigenvalue weighted by atomic mass is 9.93. The first-order valence-electron chi connectivity index (χ1n) is 30.1. The minimum atomic E-state index is -2.31. The van der Waals surface area contributed by atoms with Crippen LogP contribution in [-0.4, -0.2) is 305 Å². The highest BCUT2D eigenvalue weighted by molar-refractivity contribution is 5.96. The molecule has 5 heterocycles. The molecule has 5 aliphatic heterocycles. The van der Waals surface area contributed by atoms with Crippen LogP contribution in [0.4, 0.5) is 5.69 Å². The standard InChI is InChI=1S/C57H85N12O25/c1-21(2)11-34(75)93-48-41(79)32(19-73)91-55(46(48)84)94-47-33(20-74)92-54(45(83)43(47)81)90-30-10-9-23(12-26(30)58)13-27(65-50(86)35(59)22(3)24-7-5-4-6-8-24)49(85)67-36(38(76)28-14-62-56(60)66-28)52(88)68-37(51(87)64-25(16-70)17-71)39(77)29-15-63-57(61)69(29)53-44(82)42(80)40(78)31(18-72)89-53/h4-10,12,21-22,25,27-29,31-33,35-48,53-55,70,72-74,76-84H,11,13-16,18-20,58-59H2,1-3H3,(H2,61,63)(H,64,87)(H,65,86)(H,67,85)(H,68,88)(H3,60,62,66). The third kappa shape index (κ3) is 17.3. The fourth-order valence-corrected chi connectivity index (χ4v) is 11.3. The van der Waals surface area contributed by atoms with Crippen LogP contribution in [0.25, 0.3) is 0 Å². The van der Waals surface area contributed by atoms with Crippen LogP contribution in [0.2, 0.25) is 0 Å². The average molecular weight is 1340 g/mol. The highest BCUT2D eigenvalue weighted by Gasteiger charge is 2.55. The van der Waals surface area contributed by atoms with E-state index in [0.717, 1.165) is 4.90 Å². The van der Waals surface area contributed by atoms with E-state index < -0.39 is 227 Å². The predicted molar refractivity (Wildman–Crippen MR) is 318 cm³/mol. The Hall–Kier alpha value is -7.12. The molecule has 0 spiro atoms. The second kappa shape index (κ2) is 33.0. The van der Waals surface area contributed by atoms with Gasteiger partial charge in [0.1, 0.15) is 109 Å². The number of carbonyl (C=O) groups is 5. The van der Waals surface area contributed by atoms with Gasteiger partial charge in [-0.3, -0.25) is 39.6 Å². The van der Waals surface area contributed by atoms with Crippen molar-refractivity contribution in [1.29, 1.82) is 10.8 Å². The topological polar surface area (TPSA) is 608 Å². The van der Waals surface area contributed by atoms with E-state index in [2.05, 4.69) is 37.2 Å². The van der Waals surface area contributed by atoms with Gasteiger partial charge in [-0.1, -0.05) is 57.2 Å². The van der Waals surface area contributed by atoms with Crippen molar-refractivity contribution >= 4 is 53.5 Å². The molecular weight excluding hydrogens is 1250 g/mol. The number of nitrogen functional groups attached to an aromatic ring is 1. The van der Waals surface area contributed by atoms with Crippen molar-refractivity contribution in [2.45, 2.75) is 186 Å². The molecule has 7 rings (SSSR count). The Kier molecular flexibility index (Phi) is 26.1. The van der Waals surface area contributed by atoms with Gasteiger partial charge in [-0.05, 0) is 29.2 Å². The minimum Gasteiger partial charge on any atom is -0.460 e. The van der Waals surface area contributed by atoms with Gasteiger partial charge < -0.3 is 148 Å². The Balaban J connectivity index is 1.15. The summed E-state index contributed by atoms with van der Waals surface area (Å²) < 4.78 is 34.0. The maximum atomic E-state index is 15.0. The Morgan fingerprint density at radius 1 is 0.702 bits per heavy atom. The first kappa shape index (κ1) is 74.3. The Morgan fingerprint density at radius 3 is 1.94 bits per heavy atom. The highest BCUT2D eigenvalue weighted by atomic mass is 16.7. The summed E-state index contributed by atoms with van der Waals surface area (Å²) in [6.07, 6.45) is -30.8. The Labute approximate surface area is 537 Å². The number of guanidine groups is 2. The van der Waals surface area contributed by atoms with E-state index in [-0.39, 0.29) is 41.8 Å². The number of hydrogen-bond acceptors (Lipinski definition) is 29. The molecule has 5 saturated heterocycles. The fourth-order valence-electron chi connectivity index (χ4n) is 11.3. The molecule has 5 aliphatic rings. The number of esters is 1. The summed E-state index contributed by atoms with van der Waals surface area (Å²) in [5.74, 6) is -7.88. The van der Waals surface area contributed by atoms with E-state index in [1.165, 1.54) is 24.5 Å². The molecule has 37 heteroatoms. The van der Waals surface area contributed by atoms with E-state index in [0.29, 0.717) is 5.56 Å². The molecule has 1 radical (unpaired) electrons. The smallest absolute Gasteiger partial charge is 0.306 e. The molecule has 4 amide bonds. The molecule has 5 fully saturated rings. The number of benzene rings is 2. The predicted octanol–water partition coefficient (Wildman–Crippen LogP) is -11.2. The number of nitrogens with zero attached hydrogens (tertiary/aromatic N) is 1. The highest BCUT2D eigenvalue weighted by Crippen LogP contribution is 2.34. The lowest BCUT2D eigenvalue weighted by Gasteiger charge is -2.46. The zero-order chi connectivity index (χ0) is 69.2. The number of amides is 4. The molecule has 523 valence electrons. The number of aliphatic hydroxyl groups excluding tert-OH is 13. The maximum Gasteiger partial charge on any atom is 0.306 e. The normalized spacial score (nSPS) is 32.0. The molecule has 37 nitrogen and oxygen atoms in total. The molecular formula is C57H85N12O25. The number of anilines is 1. The number of nitrogens with one attached hydrogen (secondary N) is 9. The van der Waals surface area contributed by atoms with Crippen LogP contribution >= 0.6 is 0 Å². The van der Waals surface area contributed by atoms with Crippen molar-refractivity contribution in [3.63, 3.8) is 0 Å². The summed E-state index contributed by atoms with van der Waals surface area (Å²) >= 11 is 0. The van der Waals surface area contributed by atoms with Crippen LogP contribution in [0.15, 0.2) is 48.5 Å². The third-order valence-corrected chi connectivity index (χ3v) is 16.7. The molecule has 0 saturated carbocycles. The van der Waals surface area contributed by atoms with Crippen LogP contribution in [0.1, 0.15) is 44.2 Å². The van der Waals surface area contributed by atoms with Crippen LogP contribution in [0.5, 0.6) is 5.75 Å². The fraction of sp³-hybridized carbons (Fsp3) is 0.649. The van der Waals surface area contributed by atoms with E-state index in [1.54, 1.807) is 51.1 Å². The quantitative estimate of drug-likeness (QED) is 0.0266. The van der Waals surface area contributed by atoms with Gasteiger partial charge >= 0.3 is 5.97 Å². The van der Waals surface area contributed by atoms with Gasteiger partial charge in [-0.25, -0.2) is 0 Å². The Morgan fingerprint density at radius 2 is 1.33 bits per heavy atom. The number of hydrogen-bond donors (Lipinski definition) is 24. The number of rotatable bonds is 29. The number of aliphatic hydroxyl groups is 13. The third-order valence-electron chi connectivity index (χ3n) is 16.7. The molecule has 0 aromatic heterocycles. The van der Waals surface area contributed by atoms with E-state index in [9.17, 15) is 95.2 Å². The summed E-state index contributed by atoms with van der Waals surface area (Å²) in [6, 6.07) is -0.0445. The second-order valence-corrected chi connectivity index (χ2v) is 23.8. The summed E-state index contributed by atoms with van der Waals surface area (Å²) in [5, 5.41) is 175. The Bertz CT molecular complexity index is 2930. The molecule has 0 aliphatic carbocycles. The first-order valence-corrected chi connectivity index (χ1v) is 30.1. The van der Waals surface area contributed by atoms with Crippen molar-refractivity contribution in [2.24, 2.45) is 11.7 Å². The molecule has 2 aromatic carbocycles. The molecule has 26 N–H and O–H groups in total. The summed E-state index contributed by atoms with van der Waals surface area (Å²) in [7, 11) is 0. The number of nitrogens with two attached hydrogens (primary N) is 2. The van der Waals surface area contributed by atoms with Gasteiger partial charge in [-0.15, -0.1) is 0 Å². The lowest BCUT2D eigenvalue weighted by molar-refractivity contribution is -0.353. The largest absolute Gasteiger partial charge is 0.460 e. The zero-order valence-corrected chi connectivity index (χ0v) is 51.1. The monoisotopic (exact) mass is 1340 g/mol. The molecule has 25 atom stereocenters. The molecule has 0 bridgehead atoms. The van der Waals surface area contributed by atoms with Gasteiger partial charge in [0.15, 0.2) is 30.5 Å². The first-order chi connectivity index (χ1) is 44.6. The van der Waals surface area contributed by atoms with E-state index in [1.807, 2.05) is 0 Å². The number of carbonyl (C=O) groups excluding carboxylic acids is 6. The van der Waals surface area contributed by atoms with Gasteiger partial charge in [-0.2, -0.15) is 0 Å².